The van der Waals surface area contributed by atoms with Gasteiger partial charge in [0.15, 0.2) is 11.5 Å². The normalized spacial score (nSPS) is 21.6. The van der Waals surface area contributed by atoms with Crippen LogP contribution in [0.25, 0.3) is 17.0 Å². The fourth-order valence-corrected chi connectivity index (χ4v) is 4.41. The molecule has 0 aliphatic carbocycles. The first-order valence-corrected chi connectivity index (χ1v) is 10.3. The average molecular weight is 377 g/mol. The number of benzene rings is 1. The highest BCUT2D eigenvalue weighted by Gasteiger charge is 2.30. The van der Waals surface area contributed by atoms with Crippen molar-refractivity contribution in [1.29, 1.82) is 0 Å². The fourth-order valence-electron chi connectivity index (χ4n) is 4.41. The minimum atomic E-state index is 0.631. The summed E-state index contributed by atoms with van der Waals surface area (Å²) in [5.41, 5.74) is 1.82. The van der Waals surface area contributed by atoms with Crippen molar-refractivity contribution in [1.82, 2.24) is 29.6 Å². The predicted molar refractivity (Wildman–Crippen MR) is 111 cm³/mol. The van der Waals surface area contributed by atoms with Crippen LogP contribution < -0.4 is 4.90 Å². The summed E-state index contributed by atoms with van der Waals surface area (Å²) in [6, 6.07) is 14.9. The molecule has 7 nitrogen and oxygen atoms in total. The molecule has 0 spiro atoms. The van der Waals surface area contributed by atoms with E-state index in [1.54, 1.807) is 0 Å². The monoisotopic (exact) mass is 377 g/mol. The first kappa shape index (κ1) is 17.6. The van der Waals surface area contributed by atoms with E-state index in [1.807, 2.05) is 40.9 Å². The van der Waals surface area contributed by atoms with E-state index < -0.39 is 0 Å². The Morgan fingerprint density at radius 1 is 0.929 bits per heavy atom. The van der Waals surface area contributed by atoms with Crippen molar-refractivity contribution < 1.29 is 0 Å². The zero-order valence-electron chi connectivity index (χ0n) is 16.4. The fraction of sp³-hybridized carbons (Fsp3) is 0.476. The highest BCUT2D eigenvalue weighted by molar-refractivity contribution is 5.59. The molecule has 0 bridgehead atoms. The highest BCUT2D eigenvalue weighted by Crippen LogP contribution is 2.24. The third-order valence-corrected chi connectivity index (χ3v) is 6.14. The molecule has 146 valence electrons. The maximum Gasteiger partial charge on any atom is 0.185 e. The van der Waals surface area contributed by atoms with Gasteiger partial charge in [-0.1, -0.05) is 37.3 Å². The SMILES string of the molecule is CCN1CCN(C2CCN(c3ccc4nnc(-c5ccccc5)n4n3)C2)CC1. The Morgan fingerprint density at radius 2 is 1.75 bits per heavy atom. The molecule has 28 heavy (non-hydrogen) atoms. The molecule has 2 aliphatic rings. The second-order valence-electron chi connectivity index (χ2n) is 7.71. The van der Waals surface area contributed by atoms with Crippen LogP contribution in [-0.4, -0.2) is 81.5 Å². The number of likely N-dealkylation sites (N-methyl/N-ethyl adjacent to an activating group) is 1. The van der Waals surface area contributed by atoms with Crippen molar-refractivity contribution in [3.05, 3.63) is 42.5 Å². The molecule has 0 radical (unpaired) electrons. The lowest BCUT2D eigenvalue weighted by molar-refractivity contribution is 0.107. The Hall–Kier alpha value is -2.51. The van der Waals surface area contributed by atoms with Crippen molar-refractivity contribution in [2.45, 2.75) is 19.4 Å². The van der Waals surface area contributed by atoms with Gasteiger partial charge in [-0.3, -0.25) is 4.90 Å². The molecule has 4 heterocycles. The number of hydrogen-bond donors (Lipinski definition) is 0. The summed E-state index contributed by atoms with van der Waals surface area (Å²) in [5, 5.41) is 13.5. The largest absolute Gasteiger partial charge is 0.354 e. The van der Waals surface area contributed by atoms with Crippen molar-refractivity contribution in [3.63, 3.8) is 0 Å². The van der Waals surface area contributed by atoms with E-state index in [0.29, 0.717) is 6.04 Å². The molecule has 5 rings (SSSR count). The number of fused-ring (bicyclic) bond motifs is 1. The van der Waals surface area contributed by atoms with Gasteiger partial charge in [-0.2, -0.15) is 4.52 Å². The van der Waals surface area contributed by atoms with Gasteiger partial charge >= 0.3 is 0 Å². The molecule has 1 unspecified atom stereocenters. The van der Waals surface area contributed by atoms with Crippen molar-refractivity contribution >= 4 is 11.5 Å². The molecule has 0 N–H and O–H groups in total. The van der Waals surface area contributed by atoms with Crippen LogP contribution in [0.1, 0.15) is 13.3 Å². The van der Waals surface area contributed by atoms with Gasteiger partial charge in [-0.25, -0.2) is 0 Å². The number of hydrogen-bond acceptors (Lipinski definition) is 6. The van der Waals surface area contributed by atoms with E-state index in [1.165, 1.54) is 32.6 Å². The van der Waals surface area contributed by atoms with Crippen LogP contribution in [0.5, 0.6) is 0 Å². The summed E-state index contributed by atoms with van der Waals surface area (Å²) in [7, 11) is 0. The van der Waals surface area contributed by atoms with Gasteiger partial charge in [0.1, 0.15) is 5.82 Å². The summed E-state index contributed by atoms with van der Waals surface area (Å²) >= 11 is 0. The quantitative estimate of drug-likeness (QED) is 0.693. The molecule has 1 atom stereocenters. The minimum absolute atomic E-state index is 0.631. The molecule has 0 amide bonds. The molecule has 1 aromatic carbocycles. The predicted octanol–water partition coefficient (Wildman–Crippen LogP) is 2.01. The van der Waals surface area contributed by atoms with E-state index >= 15 is 0 Å². The summed E-state index contributed by atoms with van der Waals surface area (Å²) in [6.07, 6.45) is 1.21. The zero-order valence-corrected chi connectivity index (χ0v) is 16.4. The number of piperazine rings is 1. The standard InChI is InChI=1S/C21H27N7/c1-2-25-12-14-26(15-13-25)18-10-11-27(16-18)20-9-8-19-22-23-21(28(19)24-20)17-6-4-3-5-7-17/h3-9,18H,2,10-16H2,1H3. The van der Waals surface area contributed by atoms with Crippen LogP contribution in [0.2, 0.25) is 0 Å². The average Bonchev–Trinajstić information content (AvgIpc) is 3.41. The second kappa shape index (κ2) is 7.48. The molecule has 0 saturated carbocycles. The lowest BCUT2D eigenvalue weighted by atomic mass is 10.2. The molecule has 2 aromatic heterocycles. The van der Waals surface area contributed by atoms with Crippen LogP contribution in [0, 0.1) is 0 Å². The summed E-state index contributed by atoms with van der Waals surface area (Å²) < 4.78 is 1.87. The first-order valence-electron chi connectivity index (χ1n) is 10.3. The molecule has 3 aromatic rings. The second-order valence-corrected chi connectivity index (χ2v) is 7.71. The lowest BCUT2D eigenvalue weighted by Gasteiger charge is -2.37. The Bertz CT molecular complexity index is 930. The maximum atomic E-state index is 4.89. The first-order chi connectivity index (χ1) is 13.8. The maximum absolute atomic E-state index is 4.89. The van der Waals surface area contributed by atoms with Crippen LogP contribution in [0.3, 0.4) is 0 Å². The van der Waals surface area contributed by atoms with E-state index in [9.17, 15) is 0 Å². The number of nitrogens with zero attached hydrogens (tertiary/aromatic N) is 7. The van der Waals surface area contributed by atoms with Gasteiger partial charge in [0.25, 0.3) is 0 Å². The number of rotatable bonds is 4. The number of anilines is 1. The third-order valence-electron chi connectivity index (χ3n) is 6.14. The van der Waals surface area contributed by atoms with Gasteiger partial charge in [0.2, 0.25) is 0 Å². The number of aromatic nitrogens is 4. The van der Waals surface area contributed by atoms with Gasteiger partial charge < -0.3 is 9.80 Å². The van der Waals surface area contributed by atoms with Crippen LogP contribution in [0.4, 0.5) is 5.82 Å². The lowest BCUT2D eigenvalue weighted by Crippen LogP contribution is -2.50. The summed E-state index contributed by atoms with van der Waals surface area (Å²) in [5.74, 6) is 1.81. The van der Waals surface area contributed by atoms with E-state index in [-0.39, 0.29) is 0 Å². The Labute approximate surface area is 165 Å². The molecule has 2 aliphatic heterocycles. The van der Waals surface area contributed by atoms with Crippen LogP contribution in [-0.2, 0) is 0 Å². The Morgan fingerprint density at radius 3 is 2.54 bits per heavy atom. The molecular formula is C21H27N7. The summed E-state index contributed by atoms with van der Waals surface area (Å²) in [6.45, 7) is 10.3. The van der Waals surface area contributed by atoms with E-state index in [0.717, 1.165) is 42.5 Å². The molecule has 2 saturated heterocycles. The van der Waals surface area contributed by atoms with Crippen molar-refractivity contribution in [3.8, 4) is 11.4 Å². The van der Waals surface area contributed by atoms with Crippen LogP contribution in [0.15, 0.2) is 42.5 Å². The summed E-state index contributed by atoms with van der Waals surface area (Å²) in [4.78, 5) is 7.61. The Kier molecular flexibility index (Phi) is 4.70. The molecular weight excluding hydrogens is 350 g/mol. The van der Waals surface area contributed by atoms with Gasteiger partial charge in [0.05, 0.1) is 0 Å². The van der Waals surface area contributed by atoms with Gasteiger partial charge in [-0.15, -0.1) is 15.3 Å². The zero-order chi connectivity index (χ0) is 18.9. The van der Waals surface area contributed by atoms with Gasteiger partial charge in [-0.05, 0) is 25.1 Å². The van der Waals surface area contributed by atoms with Crippen molar-refractivity contribution in [2.24, 2.45) is 0 Å². The Balaban J connectivity index is 1.34. The van der Waals surface area contributed by atoms with E-state index in [2.05, 4.69) is 37.9 Å². The van der Waals surface area contributed by atoms with Crippen LogP contribution >= 0.6 is 0 Å². The van der Waals surface area contributed by atoms with Gasteiger partial charge in [0, 0.05) is 50.9 Å². The highest BCUT2D eigenvalue weighted by atomic mass is 15.4. The smallest absolute Gasteiger partial charge is 0.185 e. The minimum Gasteiger partial charge on any atom is -0.354 e. The van der Waals surface area contributed by atoms with E-state index in [4.69, 9.17) is 5.10 Å². The molecule has 7 heteroatoms. The molecule has 2 fully saturated rings. The topological polar surface area (TPSA) is 52.8 Å². The third kappa shape index (κ3) is 3.25. The van der Waals surface area contributed by atoms with Crippen molar-refractivity contribution in [2.75, 3.05) is 50.7 Å².